The smallest absolute Gasteiger partial charge is 0.251 e. The summed E-state index contributed by atoms with van der Waals surface area (Å²) in [5.41, 5.74) is 3.67. The van der Waals surface area contributed by atoms with Gasteiger partial charge in [0.05, 0.1) is 12.2 Å². The van der Waals surface area contributed by atoms with Crippen LogP contribution in [0.3, 0.4) is 0 Å². The first-order valence-electron chi connectivity index (χ1n) is 8.64. The number of benzene rings is 1. The SMILES string of the molecule is CCCNC(=O)CCNC(=O)c1cccc(Cn2nc(C)cc2C)c1. The monoisotopic (exact) mass is 342 g/mol. The first kappa shape index (κ1) is 18.7. The van der Waals surface area contributed by atoms with Crippen molar-refractivity contribution in [2.24, 2.45) is 0 Å². The van der Waals surface area contributed by atoms with E-state index in [1.807, 2.05) is 49.7 Å². The molecule has 6 heteroatoms. The summed E-state index contributed by atoms with van der Waals surface area (Å²) in [4.78, 5) is 23.8. The van der Waals surface area contributed by atoms with E-state index in [2.05, 4.69) is 15.7 Å². The van der Waals surface area contributed by atoms with Crippen LogP contribution in [0.2, 0.25) is 0 Å². The number of hydrogen-bond acceptors (Lipinski definition) is 3. The lowest BCUT2D eigenvalue weighted by atomic mass is 10.1. The minimum Gasteiger partial charge on any atom is -0.356 e. The fraction of sp³-hybridized carbons (Fsp3) is 0.421. The summed E-state index contributed by atoms with van der Waals surface area (Å²) in [5.74, 6) is -0.209. The molecule has 6 nitrogen and oxygen atoms in total. The predicted octanol–water partition coefficient (Wildman–Crippen LogP) is 2.19. The standard InChI is InChI=1S/C19H26N4O2/c1-4-9-20-18(24)8-10-21-19(25)17-7-5-6-16(12-17)13-23-15(3)11-14(2)22-23/h5-7,11-12H,4,8-10,13H2,1-3H3,(H,20,24)(H,21,25). The average Bonchev–Trinajstić information content (AvgIpc) is 2.90. The maximum absolute atomic E-state index is 12.3. The van der Waals surface area contributed by atoms with Gasteiger partial charge in [0.25, 0.3) is 5.91 Å². The predicted molar refractivity (Wildman–Crippen MR) is 97.5 cm³/mol. The van der Waals surface area contributed by atoms with E-state index >= 15 is 0 Å². The molecule has 0 spiro atoms. The Morgan fingerprint density at radius 3 is 2.60 bits per heavy atom. The van der Waals surface area contributed by atoms with Crippen molar-refractivity contribution in [1.82, 2.24) is 20.4 Å². The highest BCUT2D eigenvalue weighted by Crippen LogP contribution is 2.10. The van der Waals surface area contributed by atoms with Crippen LogP contribution in [0.25, 0.3) is 0 Å². The number of aromatic nitrogens is 2. The van der Waals surface area contributed by atoms with Gasteiger partial charge < -0.3 is 10.6 Å². The van der Waals surface area contributed by atoms with Gasteiger partial charge in [-0.15, -0.1) is 0 Å². The van der Waals surface area contributed by atoms with Gasteiger partial charge in [0, 0.05) is 30.8 Å². The average molecular weight is 342 g/mol. The lowest BCUT2D eigenvalue weighted by molar-refractivity contribution is -0.120. The molecule has 0 fully saturated rings. The summed E-state index contributed by atoms with van der Waals surface area (Å²) < 4.78 is 1.92. The molecule has 0 bridgehead atoms. The zero-order valence-corrected chi connectivity index (χ0v) is 15.1. The number of amides is 2. The molecule has 1 heterocycles. The van der Waals surface area contributed by atoms with E-state index < -0.39 is 0 Å². The van der Waals surface area contributed by atoms with Gasteiger partial charge in [0.2, 0.25) is 5.91 Å². The number of carbonyl (C=O) groups is 2. The quantitative estimate of drug-likeness (QED) is 0.772. The number of carbonyl (C=O) groups excluding carboxylic acids is 2. The number of aryl methyl sites for hydroxylation is 2. The van der Waals surface area contributed by atoms with E-state index in [4.69, 9.17) is 0 Å². The second kappa shape index (κ2) is 9.01. The second-order valence-electron chi connectivity index (χ2n) is 6.14. The molecular weight excluding hydrogens is 316 g/mol. The Morgan fingerprint density at radius 1 is 1.12 bits per heavy atom. The van der Waals surface area contributed by atoms with Crippen molar-refractivity contribution in [2.45, 2.75) is 40.2 Å². The summed E-state index contributed by atoms with van der Waals surface area (Å²) in [6.07, 6.45) is 1.19. The van der Waals surface area contributed by atoms with E-state index in [1.54, 1.807) is 6.07 Å². The summed E-state index contributed by atoms with van der Waals surface area (Å²) in [5, 5.41) is 10.0. The first-order chi connectivity index (χ1) is 12.0. The zero-order chi connectivity index (χ0) is 18.2. The van der Waals surface area contributed by atoms with Crippen molar-refractivity contribution in [3.05, 3.63) is 52.8 Å². The normalized spacial score (nSPS) is 10.5. The minimum atomic E-state index is -0.168. The Labute approximate surface area is 148 Å². The first-order valence-corrected chi connectivity index (χ1v) is 8.64. The molecule has 25 heavy (non-hydrogen) atoms. The number of nitrogens with zero attached hydrogens (tertiary/aromatic N) is 2. The highest BCUT2D eigenvalue weighted by atomic mass is 16.2. The van der Waals surface area contributed by atoms with Crippen molar-refractivity contribution in [3.8, 4) is 0 Å². The Morgan fingerprint density at radius 2 is 1.92 bits per heavy atom. The van der Waals surface area contributed by atoms with Crippen molar-refractivity contribution in [3.63, 3.8) is 0 Å². The molecule has 0 aliphatic carbocycles. The van der Waals surface area contributed by atoms with Crippen LogP contribution in [0.5, 0.6) is 0 Å². The van der Waals surface area contributed by atoms with Gasteiger partial charge in [-0.2, -0.15) is 5.10 Å². The maximum Gasteiger partial charge on any atom is 0.251 e. The van der Waals surface area contributed by atoms with Gasteiger partial charge in [-0.05, 0) is 44.0 Å². The van der Waals surface area contributed by atoms with Crippen molar-refractivity contribution < 1.29 is 9.59 Å². The Bertz CT molecular complexity index is 737. The molecule has 134 valence electrons. The largest absolute Gasteiger partial charge is 0.356 e. The molecule has 0 saturated heterocycles. The minimum absolute atomic E-state index is 0.0413. The van der Waals surface area contributed by atoms with Crippen molar-refractivity contribution in [2.75, 3.05) is 13.1 Å². The number of hydrogen-bond donors (Lipinski definition) is 2. The van der Waals surface area contributed by atoms with Gasteiger partial charge in [-0.1, -0.05) is 19.1 Å². The van der Waals surface area contributed by atoms with Gasteiger partial charge >= 0.3 is 0 Å². The lowest BCUT2D eigenvalue weighted by Gasteiger charge is -2.08. The van der Waals surface area contributed by atoms with Crippen LogP contribution in [-0.2, 0) is 11.3 Å². The molecule has 0 atom stereocenters. The van der Waals surface area contributed by atoms with Crippen LogP contribution in [0.4, 0.5) is 0 Å². The summed E-state index contributed by atoms with van der Waals surface area (Å²) in [6, 6.07) is 9.51. The van der Waals surface area contributed by atoms with E-state index in [0.717, 1.165) is 23.4 Å². The van der Waals surface area contributed by atoms with Crippen molar-refractivity contribution in [1.29, 1.82) is 0 Å². The molecule has 0 unspecified atom stereocenters. The van der Waals surface area contributed by atoms with Gasteiger partial charge in [0.15, 0.2) is 0 Å². The molecule has 0 aliphatic rings. The van der Waals surface area contributed by atoms with Gasteiger partial charge in [-0.3, -0.25) is 14.3 Å². The molecule has 2 rings (SSSR count). The van der Waals surface area contributed by atoms with Crippen LogP contribution < -0.4 is 10.6 Å². The van der Waals surface area contributed by atoms with E-state index in [1.165, 1.54) is 0 Å². The van der Waals surface area contributed by atoms with Crippen LogP contribution >= 0.6 is 0 Å². The fourth-order valence-electron chi connectivity index (χ4n) is 2.56. The van der Waals surface area contributed by atoms with Gasteiger partial charge in [-0.25, -0.2) is 0 Å². The van der Waals surface area contributed by atoms with Crippen LogP contribution in [0.1, 0.15) is 47.1 Å². The molecule has 1 aromatic carbocycles. The lowest BCUT2D eigenvalue weighted by Crippen LogP contribution is -2.31. The summed E-state index contributed by atoms with van der Waals surface area (Å²) in [7, 11) is 0. The molecule has 2 N–H and O–H groups in total. The Kier molecular flexibility index (Phi) is 6.74. The summed E-state index contributed by atoms with van der Waals surface area (Å²) >= 11 is 0. The molecule has 0 saturated carbocycles. The molecule has 0 radical (unpaired) electrons. The number of rotatable bonds is 8. The fourth-order valence-corrected chi connectivity index (χ4v) is 2.56. The maximum atomic E-state index is 12.3. The summed E-state index contributed by atoms with van der Waals surface area (Å²) in [6.45, 7) is 7.60. The molecule has 2 aromatic rings. The molecule has 2 amide bonds. The van der Waals surface area contributed by atoms with Crippen LogP contribution in [-0.4, -0.2) is 34.7 Å². The third kappa shape index (κ3) is 5.74. The van der Waals surface area contributed by atoms with E-state index in [9.17, 15) is 9.59 Å². The van der Waals surface area contributed by atoms with E-state index in [-0.39, 0.29) is 18.2 Å². The Hall–Kier alpha value is -2.63. The molecular formula is C19H26N4O2. The highest BCUT2D eigenvalue weighted by Gasteiger charge is 2.08. The topological polar surface area (TPSA) is 76.0 Å². The van der Waals surface area contributed by atoms with Gasteiger partial charge in [0.1, 0.15) is 0 Å². The molecule has 1 aromatic heterocycles. The van der Waals surface area contributed by atoms with Crippen LogP contribution in [0, 0.1) is 13.8 Å². The third-order valence-corrected chi connectivity index (χ3v) is 3.83. The Balaban J connectivity index is 1.90. The third-order valence-electron chi connectivity index (χ3n) is 3.83. The molecule has 0 aliphatic heterocycles. The van der Waals surface area contributed by atoms with Crippen molar-refractivity contribution >= 4 is 11.8 Å². The van der Waals surface area contributed by atoms with Crippen LogP contribution in [0.15, 0.2) is 30.3 Å². The van der Waals surface area contributed by atoms with E-state index in [0.29, 0.717) is 25.2 Å². The zero-order valence-electron chi connectivity index (χ0n) is 15.1. The second-order valence-corrected chi connectivity index (χ2v) is 6.14. The number of nitrogens with one attached hydrogen (secondary N) is 2. The highest BCUT2D eigenvalue weighted by molar-refractivity contribution is 5.94.